The first kappa shape index (κ1) is 19.3. The standard InChI is InChI=1S/C19H23N3O4S/c1-15-5-4-12-21(14-15)17-10-8-16(9-11-17)13-20-27(25,26)19-7-3-2-6-18(19)22(23)24/h2-3,6-11,15,20H,4-5,12-14H2,1H3. The van der Waals surface area contributed by atoms with Gasteiger partial charge in [-0.3, -0.25) is 10.1 Å². The molecule has 0 aliphatic carbocycles. The van der Waals surface area contributed by atoms with Gasteiger partial charge in [0.05, 0.1) is 4.92 Å². The number of anilines is 1. The van der Waals surface area contributed by atoms with E-state index in [2.05, 4.69) is 16.5 Å². The third-order valence-corrected chi connectivity index (χ3v) is 6.22. The summed E-state index contributed by atoms with van der Waals surface area (Å²) >= 11 is 0. The summed E-state index contributed by atoms with van der Waals surface area (Å²) in [5.41, 5.74) is 1.50. The predicted octanol–water partition coefficient (Wildman–Crippen LogP) is 3.31. The highest BCUT2D eigenvalue weighted by atomic mass is 32.2. The van der Waals surface area contributed by atoms with Gasteiger partial charge in [-0.05, 0) is 42.5 Å². The maximum Gasteiger partial charge on any atom is 0.289 e. The average molecular weight is 389 g/mol. The lowest BCUT2D eigenvalue weighted by Gasteiger charge is -2.32. The van der Waals surface area contributed by atoms with E-state index in [1.807, 2.05) is 24.3 Å². The van der Waals surface area contributed by atoms with Gasteiger partial charge < -0.3 is 4.90 Å². The molecule has 27 heavy (non-hydrogen) atoms. The van der Waals surface area contributed by atoms with E-state index >= 15 is 0 Å². The topological polar surface area (TPSA) is 92.6 Å². The Morgan fingerprint density at radius 1 is 1.19 bits per heavy atom. The van der Waals surface area contributed by atoms with Gasteiger partial charge in [0, 0.05) is 31.4 Å². The number of nitro benzene ring substituents is 1. The summed E-state index contributed by atoms with van der Waals surface area (Å²) in [4.78, 5) is 12.4. The van der Waals surface area contributed by atoms with E-state index in [0.717, 1.165) is 24.3 Å². The van der Waals surface area contributed by atoms with Crippen LogP contribution in [0.15, 0.2) is 53.4 Å². The molecular formula is C19H23N3O4S. The van der Waals surface area contributed by atoms with E-state index in [-0.39, 0.29) is 11.4 Å². The summed E-state index contributed by atoms with van der Waals surface area (Å²) in [6.45, 7) is 4.39. The van der Waals surface area contributed by atoms with Crippen molar-refractivity contribution in [2.75, 3.05) is 18.0 Å². The minimum Gasteiger partial charge on any atom is -0.371 e. The molecule has 1 unspecified atom stereocenters. The molecule has 0 bridgehead atoms. The molecular weight excluding hydrogens is 366 g/mol. The first-order chi connectivity index (χ1) is 12.9. The van der Waals surface area contributed by atoms with Crippen LogP contribution in [0, 0.1) is 16.0 Å². The van der Waals surface area contributed by atoms with Crippen LogP contribution in [-0.4, -0.2) is 26.4 Å². The summed E-state index contributed by atoms with van der Waals surface area (Å²) in [6.07, 6.45) is 2.43. The number of nitrogens with zero attached hydrogens (tertiary/aromatic N) is 2. The summed E-state index contributed by atoms with van der Waals surface area (Å²) < 4.78 is 27.4. The second-order valence-corrected chi connectivity index (χ2v) is 8.64. The van der Waals surface area contributed by atoms with Crippen LogP contribution in [0.25, 0.3) is 0 Å². The Hall–Kier alpha value is -2.45. The number of nitrogens with one attached hydrogen (secondary N) is 1. The van der Waals surface area contributed by atoms with E-state index in [0.29, 0.717) is 5.92 Å². The number of piperidine rings is 1. The van der Waals surface area contributed by atoms with Gasteiger partial charge >= 0.3 is 0 Å². The molecule has 1 atom stereocenters. The zero-order valence-corrected chi connectivity index (χ0v) is 16.0. The molecule has 0 aromatic heterocycles. The predicted molar refractivity (Wildman–Crippen MR) is 104 cm³/mol. The normalized spacial score (nSPS) is 17.7. The van der Waals surface area contributed by atoms with Crippen molar-refractivity contribution < 1.29 is 13.3 Å². The lowest BCUT2D eigenvalue weighted by atomic mass is 9.99. The monoisotopic (exact) mass is 389 g/mol. The molecule has 1 saturated heterocycles. The van der Waals surface area contributed by atoms with Crippen LogP contribution in [0.3, 0.4) is 0 Å². The third kappa shape index (κ3) is 4.64. The SMILES string of the molecule is CC1CCCN(c2ccc(CNS(=O)(=O)c3ccccc3[N+](=O)[O-])cc2)C1. The number of rotatable bonds is 6. The first-order valence-corrected chi connectivity index (χ1v) is 10.4. The van der Waals surface area contributed by atoms with Crippen molar-refractivity contribution in [1.82, 2.24) is 4.72 Å². The largest absolute Gasteiger partial charge is 0.371 e. The summed E-state index contributed by atoms with van der Waals surface area (Å²) in [5.74, 6) is 0.673. The van der Waals surface area contributed by atoms with Crippen molar-refractivity contribution in [3.63, 3.8) is 0 Å². The lowest BCUT2D eigenvalue weighted by Crippen LogP contribution is -2.34. The molecule has 0 saturated carbocycles. The van der Waals surface area contributed by atoms with Gasteiger partial charge in [0.2, 0.25) is 10.0 Å². The van der Waals surface area contributed by atoms with Crippen LogP contribution in [0.2, 0.25) is 0 Å². The number of benzene rings is 2. The number of hydrogen-bond acceptors (Lipinski definition) is 5. The Kier molecular flexibility index (Phi) is 5.76. The van der Waals surface area contributed by atoms with Crippen LogP contribution < -0.4 is 9.62 Å². The zero-order valence-electron chi connectivity index (χ0n) is 15.2. The average Bonchev–Trinajstić information content (AvgIpc) is 2.67. The molecule has 0 radical (unpaired) electrons. The molecule has 7 nitrogen and oxygen atoms in total. The number of sulfonamides is 1. The van der Waals surface area contributed by atoms with Crippen molar-refractivity contribution in [1.29, 1.82) is 0 Å². The van der Waals surface area contributed by atoms with E-state index < -0.39 is 20.6 Å². The van der Waals surface area contributed by atoms with Crippen molar-refractivity contribution >= 4 is 21.4 Å². The Morgan fingerprint density at radius 2 is 1.89 bits per heavy atom. The van der Waals surface area contributed by atoms with Crippen molar-refractivity contribution in [2.45, 2.75) is 31.2 Å². The molecule has 1 fully saturated rings. The van der Waals surface area contributed by atoms with Gasteiger partial charge in [-0.1, -0.05) is 31.2 Å². The minimum absolute atomic E-state index is 0.0745. The Labute approximate surface area is 159 Å². The first-order valence-electron chi connectivity index (χ1n) is 8.94. The summed E-state index contributed by atoms with van der Waals surface area (Å²) in [6, 6.07) is 13.1. The molecule has 144 valence electrons. The highest BCUT2D eigenvalue weighted by molar-refractivity contribution is 7.89. The van der Waals surface area contributed by atoms with Gasteiger partial charge in [0.25, 0.3) is 5.69 Å². The molecule has 2 aromatic carbocycles. The van der Waals surface area contributed by atoms with Crippen LogP contribution >= 0.6 is 0 Å². The maximum absolute atomic E-state index is 12.5. The highest BCUT2D eigenvalue weighted by Gasteiger charge is 2.24. The second kappa shape index (κ2) is 8.06. The van der Waals surface area contributed by atoms with Crippen molar-refractivity contribution in [2.24, 2.45) is 5.92 Å². The number of para-hydroxylation sites is 1. The van der Waals surface area contributed by atoms with Crippen LogP contribution in [0.1, 0.15) is 25.3 Å². The van der Waals surface area contributed by atoms with Gasteiger partial charge in [-0.15, -0.1) is 0 Å². The third-order valence-electron chi connectivity index (χ3n) is 4.78. The molecule has 3 rings (SSSR count). The Bertz CT molecular complexity index is 913. The van der Waals surface area contributed by atoms with Crippen LogP contribution in [0.4, 0.5) is 11.4 Å². The molecule has 1 aliphatic rings. The number of hydrogen-bond donors (Lipinski definition) is 1. The summed E-state index contributed by atoms with van der Waals surface area (Å²) in [7, 11) is -3.97. The van der Waals surface area contributed by atoms with E-state index in [9.17, 15) is 18.5 Å². The quantitative estimate of drug-likeness (QED) is 0.604. The molecule has 1 aliphatic heterocycles. The van der Waals surface area contributed by atoms with E-state index in [1.165, 1.54) is 37.1 Å². The van der Waals surface area contributed by atoms with Gasteiger partial charge in [0.15, 0.2) is 4.90 Å². The Morgan fingerprint density at radius 3 is 2.56 bits per heavy atom. The van der Waals surface area contributed by atoms with Crippen LogP contribution in [0.5, 0.6) is 0 Å². The Balaban J connectivity index is 1.69. The number of nitro groups is 1. The van der Waals surface area contributed by atoms with Gasteiger partial charge in [0.1, 0.15) is 0 Å². The van der Waals surface area contributed by atoms with E-state index in [1.54, 1.807) is 0 Å². The summed E-state index contributed by atoms with van der Waals surface area (Å²) in [5, 5.41) is 11.1. The molecule has 0 spiro atoms. The minimum atomic E-state index is -3.97. The van der Waals surface area contributed by atoms with Gasteiger partial charge in [-0.2, -0.15) is 0 Å². The van der Waals surface area contributed by atoms with Crippen molar-refractivity contribution in [3.8, 4) is 0 Å². The highest BCUT2D eigenvalue weighted by Crippen LogP contribution is 2.24. The molecule has 1 N–H and O–H groups in total. The maximum atomic E-state index is 12.5. The fraction of sp³-hybridized carbons (Fsp3) is 0.368. The fourth-order valence-electron chi connectivity index (χ4n) is 3.34. The lowest BCUT2D eigenvalue weighted by molar-refractivity contribution is -0.387. The van der Waals surface area contributed by atoms with Gasteiger partial charge in [-0.25, -0.2) is 13.1 Å². The zero-order chi connectivity index (χ0) is 19.4. The van der Waals surface area contributed by atoms with E-state index in [4.69, 9.17) is 0 Å². The van der Waals surface area contributed by atoms with Crippen molar-refractivity contribution in [3.05, 3.63) is 64.2 Å². The molecule has 2 aromatic rings. The smallest absolute Gasteiger partial charge is 0.289 e. The second-order valence-electron chi connectivity index (χ2n) is 6.91. The molecule has 0 amide bonds. The molecule has 1 heterocycles. The fourth-order valence-corrected chi connectivity index (χ4v) is 4.53. The van der Waals surface area contributed by atoms with Crippen LogP contribution in [-0.2, 0) is 16.6 Å². The molecule has 8 heteroatoms.